The minimum atomic E-state index is -0.490. The fraction of sp³-hybridized carbons (Fsp3) is 0.200. The molecule has 2 aromatic rings. The maximum Gasteiger partial charge on any atom is 0.350 e. The van der Waals surface area contributed by atoms with Crippen molar-refractivity contribution >= 4 is 28.9 Å². The van der Waals surface area contributed by atoms with Crippen molar-refractivity contribution < 1.29 is 19.4 Å². The van der Waals surface area contributed by atoms with Crippen molar-refractivity contribution in [3.8, 4) is 5.75 Å². The summed E-state index contributed by atoms with van der Waals surface area (Å²) in [4.78, 5) is 24.4. The van der Waals surface area contributed by atoms with Crippen molar-refractivity contribution in [2.24, 2.45) is 0 Å². The van der Waals surface area contributed by atoms with Gasteiger partial charge in [0.15, 0.2) is 0 Å². The number of thiophene rings is 1. The molecule has 0 bridgehead atoms. The summed E-state index contributed by atoms with van der Waals surface area (Å²) in [6.45, 7) is 3.46. The lowest BCUT2D eigenvalue weighted by molar-refractivity contribution is 0.0607. The highest BCUT2D eigenvalue weighted by Crippen LogP contribution is 2.29. The van der Waals surface area contributed by atoms with Crippen LogP contribution in [-0.4, -0.2) is 24.1 Å². The highest BCUT2D eigenvalue weighted by molar-refractivity contribution is 7.12. The Balaban J connectivity index is 2.34. The fourth-order valence-electron chi connectivity index (χ4n) is 1.89. The molecule has 1 aromatic carbocycles. The molecule has 0 fully saturated rings. The molecule has 1 heterocycles. The average Bonchev–Trinajstić information content (AvgIpc) is 2.82. The lowest BCUT2D eigenvalue weighted by Gasteiger charge is -2.10. The second kappa shape index (κ2) is 5.97. The van der Waals surface area contributed by atoms with Gasteiger partial charge in [0.25, 0.3) is 5.91 Å². The van der Waals surface area contributed by atoms with E-state index in [1.807, 2.05) is 0 Å². The van der Waals surface area contributed by atoms with E-state index >= 15 is 0 Å². The Labute approximate surface area is 126 Å². The van der Waals surface area contributed by atoms with Gasteiger partial charge in [0.1, 0.15) is 10.6 Å². The molecule has 0 unspecified atom stereocenters. The topological polar surface area (TPSA) is 75.6 Å². The molecule has 0 aliphatic heterocycles. The Kier molecular flexibility index (Phi) is 4.28. The zero-order chi connectivity index (χ0) is 15.6. The number of aromatic hydroxyl groups is 1. The van der Waals surface area contributed by atoms with Gasteiger partial charge in [-0.1, -0.05) is 6.07 Å². The summed E-state index contributed by atoms with van der Waals surface area (Å²) < 4.78 is 4.70. The van der Waals surface area contributed by atoms with E-state index in [-0.39, 0.29) is 11.7 Å². The zero-order valence-corrected chi connectivity index (χ0v) is 12.7. The molecule has 0 saturated carbocycles. The molecule has 1 amide bonds. The summed E-state index contributed by atoms with van der Waals surface area (Å²) in [5, 5.41) is 14.2. The number of nitrogens with one attached hydrogen (secondary N) is 1. The summed E-state index contributed by atoms with van der Waals surface area (Å²) in [6, 6.07) is 4.73. The van der Waals surface area contributed by atoms with Crippen molar-refractivity contribution in [2.45, 2.75) is 13.8 Å². The Morgan fingerprint density at radius 2 is 2.00 bits per heavy atom. The Bertz CT molecular complexity index is 706. The van der Waals surface area contributed by atoms with E-state index in [4.69, 9.17) is 4.74 Å². The van der Waals surface area contributed by atoms with Gasteiger partial charge in [-0.05, 0) is 36.9 Å². The number of phenolic OH excluding ortho intramolecular Hbond substituents is 1. The van der Waals surface area contributed by atoms with Crippen LogP contribution in [0.4, 0.5) is 5.69 Å². The molecule has 21 heavy (non-hydrogen) atoms. The van der Waals surface area contributed by atoms with Crippen LogP contribution >= 0.6 is 11.3 Å². The van der Waals surface area contributed by atoms with Crippen LogP contribution in [0.2, 0.25) is 0 Å². The molecule has 0 saturated heterocycles. The first kappa shape index (κ1) is 15.1. The Morgan fingerprint density at radius 3 is 2.67 bits per heavy atom. The molecule has 5 nitrogen and oxygen atoms in total. The first-order chi connectivity index (χ1) is 9.95. The van der Waals surface area contributed by atoms with Crippen LogP contribution < -0.4 is 5.32 Å². The minimum Gasteiger partial charge on any atom is -0.508 e. The summed E-state index contributed by atoms with van der Waals surface area (Å²) in [7, 11) is 1.29. The molecule has 2 rings (SSSR count). The van der Waals surface area contributed by atoms with Crippen LogP contribution in [0.1, 0.15) is 31.2 Å². The smallest absolute Gasteiger partial charge is 0.350 e. The van der Waals surface area contributed by atoms with E-state index in [0.29, 0.717) is 21.7 Å². The van der Waals surface area contributed by atoms with Gasteiger partial charge in [-0.25, -0.2) is 4.79 Å². The van der Waals surface area contributed by atoms with E-state index in [1.54, 1.807) is 31.4 Å². The second-order valence-electron chi connectivity index (χ2n) is 4.52. The van der Waals surface area contributed by atoms with Crippen LogP contribution in [-0.2, 0) is 4.74 Å². The maximum absolute atomic E-state index is 12.3. The van der Waals surface area contributed by atoms with E-state index in [0.717, 1.165) is 5.56 Å². The third-order valence-corrected chi connectivity index (χ3v) is 4.21. The van der Waals surface area contributed by atoms with Crippen molar-refractivity contribution in [3.63, 3.8) is 0 Å². The van der Waals surface area contributed by atoms with Gasteiger partial charge in [-0.3, -0.25) is 4.79 Å². The number of amides is 1. The Morgan fingerprint density at radius 1 is 1.29 bits per heavy atom. The number of carbonyl (C=O) groups is 2. The monoisotopic (exact) mass is 305 g/mol. The molecule has 110 valence electrons. The van der Waals surface area contributed by atoms with Crippen LogP contribution in [0.3, 0.4) is 0 Å². The fourth-order valence-corrected chi connectivity index (χ4v) is 2.81. The first-order valence-electron chi connectivity index (χ1n) is 6.22. The maximum atomic E-state index is 12.3. The molecule has 0 spiro atoms. The van der Waals surface area contributed by atoms with Gasteiger partial charge in [0, 0.05) is 11.1 Å². The van der Waals surface area contributed by atoms with Gasteiger partial charge in [-0.15, -0.1) is 11.3 Å². The number of aryl methyl sites for hydroxylation is 1. The van der Waals surface area contributed by atoms with Crippen molar-refractivity contribution in [1.29, 1.82) is 0 Å². The standard InChI is InChI=1S/C15H15NO4S/c1-8-7-21-13(15(19)20-3)12(8)16-14(18)10-5-4-6-11(17)9(10)2/h4-7,17H,1-3H3,(H,16,18). The Hall–Kier alpha value is -2.34. The van der Waals surface area contributed by atoms with E-state index in [1.165, 1.54) is 24.5 Å². The third-order valence-electron chi connectivity index (χ3n) is 3.13. The molecule has 6 heteroatoms. The summed E-state index contributed by atoms with van der Waals surface area (Å²) >= 11 is 1.21. The number of anilines is 1. The van der Waals surface area contributed by atoms with Gasteiger partial charge in [-0.2, -0.15) is 0 Å². The normalized spacial score (nSPS) is 10.2. The number of methoxy groups -OCH3 is 1. The molecule has 0 atom stereocenters. The van der Waals surface area contributed by atoms with E-state index < -0.39 is 5.97 Å². The first-order valence-corrected chi connectivity index (χ1v) is 7.10. The SMILES string of the molecule is COC(=O)c1scc(C)c1NC(=O)c1cccc(O)c1C. The van der Waals surface area contributed by atoms with Crippen LogP contribution in [0.5, 0.6) is 5.75 Å². The number of esters is 1. The second-order valence-corrected chi connectivity index (χ2v) is 5.40. The van der Waals surface area contributed by atoms with Crippen LogP contribution in [0, 0.1) is 13.8 Å². The molecule has 0 aliphatic rings. The predicted molar refractivity (Wildman–Crippen MR) is 81.2 cm³/mol. The third kappa shape index (κ3) is 2.90. The molecule has 0 aliphatic carbocycles. The quantitative estimate of drug-likeness (QED) is 0.854. The number of hydrogen-bond donors (Lipinski definition) is 2. The number of hydrogen-bond acceptors (Lipinski definition) is 5. The molecular formula is C15H15NO4S. The highest BCUT2D eigenvalue weighted by atomic mass is 32.1. The number of phenols is 1. The van der Waals surface area contributed by atoms with Gasteiger partial charge in [0.05, 0.1) is 12.8 Å². The van der Waals surface area contributed by atoms with Crippen LogP contribution in [0.15, 0.2) is 23.6 Å². The number of rotatable bonds is 3. The van der Waals surface area contributed by atoms with Crippen molar-refractivity contribution in [2.75, 3.05) is 12.4 Å². The predicted octanol–water partition coefficient (Wildman–Crippen LogP) is 3.11. The van der Waals surface area contributed by atoms with E-state index in [9.17, 15) is 14.7 Å². The average molecular weight is 305 g/mol. The van der Waals surface area contributed by atoms with E-state index in [2.05, 4.69) is 5.32 Å². The van der Waals surface area contributed by atoms with Gasteiger partial charge < -0.3 is 15.2 Å². The largest absolute Gasteiger partial charge is 0.508 e. The van der Waals surface area contributed by atoms with Gasteiger partial charge >= 0.3 is 5.97 Å². The minimum absolute atomic E-state index is 0.0536. The number of ether oxygens (including phenoxy) is 1. The lowest BCUT2D eigenvalue weighted by Crippen LogP contribution is -2.15. The van der Waals surface area contributed by atoms with Crippen molar-refractivity contribution in [3.05, 3.63) is 45.1 Å². The van der Waals surface area contributed by atoms with Crippen molar-refractivity contribution in [1.82, 2.24) is 0 Å². The number of carbonyl (C=O) groups excluding carboxylic acids is 2. The molecule has 2 N–H and O–H groups in total. The van der Waals surface area contributed by atoms with Gasteiger partial charge in [0.2, 0.25) is 0 Å². The van der Waals surface area contributed by atoms with Crippen LogP contribution in [0.25, 0.3) is 0 Å². The number of benzene rings is 1. The summed E-state index contributed by atoms with van der Waals surface area (Å²) in [5.74, 6) is -0.816. The molecule has 1 aromatic heterocycles. The molecule has 0 radical (unpaired) electrons. The highest BCUT2D eigenvalue weighted by Gasteiger charge is 2.20. The molecular weight excluding hydrogens is 290 g/mol. The lowest BCUT2D eigenvalue weighted by atomic mass is 10.1. The summed E-state index contributed by atoms with van der Waals surface area (Å²) in [6.07, 6.45) is 0. The zero-order valence-electron chi connectivity index (χ0n) is 11.9. The summed E-state index contributed by atoms with van der Waals surface area (Å²) in [5.41, 5.74) is 2.07.